The van der Waals surface area contributed by atoms with Crippen LogP contribution < -0.4 is 20.1 Å². The summed E-state index contributed by atoms with van der Waals surface area (Å²) < 4.78 is 10.5. The first-order valence-electron chi connectivity index (χ1n) is 7.35. The van der Waals surface area contributed by atoms with E-state index >= 15 is 0 Å². The van der Waals surface area contributed by atoms with Gasteiger partial charge in [-0.1, -0.05) is 6.07 Å². The molecule has 0 spiro atoms. The molecule has 2 amide bonds. The normalized spacial score (nSPS) is 20.5. The van der Waals surface area contributed by atoms with E-state index in [1.165, 1.54) is 6.08 Å². The van der Waals surface area contributed by atoms with Crippen molar-refractivity contribution in [3.8, 4) is 11.5 Å². The Kier molecular flexibility index (Phi) is 4.27. The standard InChI is InChI=1S/C16H18N2O4/c19-15(18-12-2-1-7-17-16(20)9-12)6-4-11-3-5-13-14(8-11)22-10-21-13/h3-6,8,12H,1-2,7,9-10H2,(H,17,20)(H,18,19). The summed E-state index contributed by atoms with van der Waals surface area (Å²) in [6, 6.07) is 5.40. The average Bonchev–Trinajstić information content (AvgIpc) is 2.87. The maximum absolute atomic E-state index is 12.0. The molecule has 1 fully saturated rings. The molecule has 1 aromatic carbocycles. The topological polar surface area (TPSA) is 76.7 Å². The molecule has 0 saturated carbocycles. The lowest BCUT2D eigenvalue weighted by Crippen LogP contribution is -2.35. The molecule has 0 aliphatic carbocycles. The van der Waals surface area contributed by atoms with E-state index in [-0.39, 0.29) is 24.6 Å². The number of nitrogens with one attached hydrogen (secondary N) is 2. The molecular formula is C16H18N2O4. The van der Waals surface area contributed by atoms with Gasteiger partial charge in [-0.2, -0.15) is 0 Å². The van der Waals surface area contributed by atoms with E-state index in [1.807, 2.05) is 18.2 Å². The first-order chi connectivity index (χ1) is 10.7. The molecule has 116 valence electrons. The molecule has 3 rings (SSSR count). The number of amides is 2. The summed E-state index contributed by atoms with van der Waals surface area (Å²) in [5, 5.41) is 5.66. The van der Waals surface area contributed by atoms with Gasteiger partial charge in [0.05, 0.1) is 0 Å². The molecule has 1 atom stereocenters. The summed E-state index contributed by atoms with van der Waals surface area (Å²) in [5.74, 6) is 1.19. The van der Waals surface area contributed by atoms with Crippen LogP contribution in [0.15, 0.2) is 24.3 Å². The Morgan fingerprint density at radius 3 is 3.09 bits per heavy atom. The third kappa shape index (κ3) is 3.58. The van der Waals surface area contributed by atoms with Gasteiger partial charge in [-0.3, -0.25) is 9.59 Å². The molecule has 2 aliphatic rings. The van der Waals surface area contributed by atoms with Gasteiger partial charge in [0.25, 0.3) is 0 Å². The average molecular weight is 302 g/mol. The highest BCUT2D eigenvalue weighted by atomic mass is 16.7. The molecule has 1 saturated heterocycles. The third-order valence-corrected chi connectivity index (χ3v) is 3.65. The second kappa shape index (κ2) is 6.51. The Bertz CT molecular complexity index is 612. The zero-order valence-electron chi connectivity index (χ0n) is 12.1. The van der Waals surface area contributed by atoms with Crippen molar-refractivity contribution in [3.63, 3.8) is 0 Å². The summed E-state index contributed by atoms with van der Waals surface area (Å²) in [5.41, 5.74) is 0.859. The lowest BCUT2D eigenvalue weighted by atomic mass is 10.1. The Hall–Kier alpha value is -2.50. The molecule has 2 N–H and O–H groups in total. The second-order valence-electron chi connectivity index (χ2n) is 5.35. The van der Waals surface area contributed by atoms with Crippen LogP contribution in [0.3, 0.4) is 0 Å². The number of rotatable bonds is 3. The first-order valence-corrected chi connectivity index (χ1v) is 7.35. The van der Waals surface area contributed by atoms with Crippen LogP contribution in [0.4, 0.5) is 0 Å². The lowest BCUT2D eigenvalue weighted by molar-refractivity contribution is -0.121. The minimum absolute atomic E-state index is 0.0115. The molecule has 0 radical (unpaired) electrons. The molecule has 0 bridgehead atoms. The van der Waals surface area contributed by atoms with Crippen LogP contribution in [-0.4, -0.2) is 31.2 Å². The number of carbonyl (C=O) groups excluding carboxylic acids is 2. The molecule has 1 aromatic rings. The molecule has 1 unspecified atom stereocenters. The summed E-state index contributed by atoms with van der Waals surface area (Å²) in [4.78, 5) is 23.4. The summed E-state index contributed by atoms with van der Waals surface area (Å²) in [6.07, 6.45) is 5.21. The van der Waals surface area contributed by atoms with Crippen molar-refractivity contribution in [3.05, 3.63) is 29.8 Å². The van der Waals surface area contributed by atoms with Crippen molar-refractivity contribution in [2.75, 3.05) is 13.3 Å². The number of fused-ring (bicyclic) bond motifs is 1. The van der Waals surface area contributed by atoms with Gasteiger partial charge in [-0.05, 0) is 36.6 Å². The first kappa shape index (κ1) is 14.4. The minimum atomic E-state index is -0.197. The number of benzene rings is 1. The molecule has 2 aliphatic heterocycles. The quantitative estimate of drug-likeness (QED) is 0.823. The van der Waals surface area contributed by atoms with Gasteiger partial charge in [0.1, 0.15) is 0 Å². The highest BCUT2D eigenvalue weighted by Gasteiger charge is 2.18. The minimum Gasteiger partial charge on any atom is -0.454 e. The van der Waals surface area contributed by atoms with Gasteiger partial charge in [0.15, 0.2) is 11.5 Å². The van der Waals surface area contributed by atoms with Crippen molar-refractivity contribution in [1.82, 2.24) is 10.6 Å². The van der Waals surface area contributed by atoms with Gasteiger partial charge in [-0.15, -0.1) is 0 Å². The molecule has 22 heavy (non-hydrogen) atoms. The highest BCUT2D eigenvalue weighted by molar-refractivity contribution is 5.92. The van der Waals surface area contributed by atoms with Crippen LogP contribution in [0, 0.1) is 0 Å². The van der Waals surface area contributed by atoms with Gasteiger partial charge in [0.2, 0.25) is 18.6 Å². The van der Waals surface area contributed by atoms with Crippen molar-refractivity contribution in [2.24, 2.45) is 0 Å². The summed E-state index contributed by atoms with van der Waals surface area (Å²) in [6.45, 7) is 0.908. The SMILES string of the molecule is O=C(C=Cc1ccc2c(c1)OCO2)NC1CCCNC(=O)C1. The molecule has 6 heteroatoms. The fourth-order valence-corrected chi connectivity index (χ4v) is 2.54. The molecule has 6 nitrogen and oxygen atoms in total. The zero-order valence-corrected chi connectivity index (χ0v) is 12.1. The monoisotopic (exact) mass is 302 g/mol. The van der Waals surface area contributed by atoms with Crippen LogP contribution in [0.25, 0.3) is 6.08 Å². The summed E-state index contributed by atoms with van der Waals surface area (Å²) >= 11 is 0. The second-order valence-corrected chi connectivity index (χ2v) is 5.35. The Balaban J connectivity index is 1.57. The van der Waals surface area contributed by atoms with Crippen molar-refractivity contribution >= 4 is 17.9 Å². The van der Waals surface area contributed by atoms with Crippen molar-refractivity contribution < 1.29 is 19.1 Å². The van der Waals surface area contributed by atoms with Gasteiger partial charge < -0.3 is 20.1 Å². The van der Waals surface area contributed by atoms with Crippen LogP contribution in [0.2, 0.25) is 0 Å². The van der Waals surface area contributed by atoms with Crippen molar-refractivity contribution in [2.45, 2.75) is 25.3 Å². The largest absolute Gasteiger partial charge is 0.454 e. The van der Waals surface area contributed by atoms with Crippen LogP contribution >= 0.6 is 0 Å². The lowest BCUT2D eigenvalue weighted by Gasteiger charge is -2.13. The smallest absolute Gasteiger partial charge is 0.244 e. The van der Waals surface area contributed by atoms with Crippen LogP contribution in [-0.2, 0) is 9.59 Å². The molecule has 2 heterocycles. The van der Waals surface area contributed by atoms with E-state index in [0.29, 0.717) is 24.5 Å². The Labute approximate surface area is 128 Å². The van der Waals surface area contributed by atoms with Crippen LogP contribution in [0.5, 0.6) is 11.5 Å². The highest BCUT2D eigenvalue weighted by Crippen LogP contribution is 2.32. The van der Waals surface area contributed by atoms with Gasteiger partial charge in [-0.25, -0.2) is 0 Å². The maximum atomic E-state index is 12.0. The Morgan fingerprint density at radius 2 is 2.18 bits per heavy atom. The fraction of sp³-hybridized carbons (Fsp3) is 0.375. The molecular weight excluding hydrogens is 284 g/mol. The zero-order chi connectivity index (χ0) is 15.4. The maximum Gasteiger partial charge on any atom is 0.244 e. The van der Waals surface area contributed by atoms with E-state index < -0.39 is 0 Å². The number of hydrogen-bond donors (Lipinski definition) is 2. The van der Waals surface area contributed by atoms with Gasteiger partial charge >= 0.3 is 0 Å². The Morgan fingerprint density at radius 1 is 1.32 bits per heavy atom. The fourth-order valence-electron chi connectivity index (χ4n) is 2.54. The van der Waals surface area contributed by atoms with Crippen LogP contribution in [0.1, 0.15) is 24.8 Å². The molecule has 0 aromatic heterocycles. The van der Waals surface area contributed by atoms with E-state index in [2.05, 4.69) is 10.6 Å². The number of ether oxygens (including phenoxy) is 2. The van der Waals surface area contributed by atoms with Crippen molar-refractivity contribution in [1.29, 1.82) is 0 Å². The van der Waals surface area contributed by atoms with E-state index in [0.717, 1.165) is 18.4 Å². The third-order valence-electron chi connectivity index (χ3n) is 3.65. The predicted octanol–water partition coefficient (Wildman–Crippen LogP) is 1.21. The van der Waals surface area contributed by atoms with E-state index in [9.17, 15) is 9.59 Å². The van der Waals surface area contributed by atoms with Gasteiger partial charge in [0, 0.05) is 25.1 Å². The predicted molar refractivity (Wildman–Crippen MR) is 80.4 cm³/mol. The number of carbonyl (C=O) groups is 2. The van der Waals surface area contributed by atoms with E-state index in [4.69, 9.17) is 9.47 Å². The number of hydrogen-bond acceptors (Lipinski definition) is 4. The summed E-state index contributed by atoms with van der Waals surface area (Å²) in [7, 11) is 0. The van der Waals surface area contributed by atoms with E-state index in [1.54, 1.807) is 6.08 Å².